The Morgan fingerprint density at radius 3 is 2.52 bits per heavy atom. The molecule has 5 heterocycles. The van der Waals surface area contributed by atoms with E-state index in [0.29, 0.717) is 31.0 Å². The number of nitrogens with one attached hydrogen (secondary N) is 1. The third kappa shape index (κ3) is 4.18. The van der Waals surface area contributed by atoms with Gasteiger partial charge in [0.1, 0.15) is 18.0 Å². The number of ether oxygens (including phenoxy) is 4. The highest BCUT2D eigenvalue weighted by Gasteiger charge is 2.71. The molecule has 2 N–H and O–H groups in total. The Hall–Kier alpha value is -2.15. The second-order valence-corrected chi connectivity index (χ2v) is 13.3. The van der Waals surface area contributed by atoms with Gasteiger partial charge in [-0.1, -0.05) is 13.3 Å². The van der Waals surface area contributed by atoms with Gasteiger partial charge in [-0.05, 0) is 70.0 Å². The molecule has 0 saturated carbocycles. The summed E-state index contributed by atoms with van der Waals surface area (Å²) in [6, 6.07) is 3.99. The SMILES string of the molecule is CC[C@@H]1CN2CC[C@@]34OCCO[C@@]3(Nc3cc(B5OC(C)(C)C(C)(C)O5)cc(OC)c34)[C@@H]2C[C@@H]1/C(=C\OC)C(=O)CO. The molecule has 1 aromatic rings. The van der Waals surface area contributed by atoms with Crippen LogP contribution in [0.3, 0.4) is 0 Å². The topological polar surface area (TPSA) is 108 Å². The third-order valence-electron chi connectivity index (χ3n) is 10.8. The largest absolute Gasteiger partial charge is 0.504 e. The highest BCUT2D eigenvalue weighted by molar-refractivity contribution is 6.62. The molecule has 230 valence electrons. The Morgan fingerprint density at radius 1 is 1.17 bits per heavy atom. The van der Waals surface area contributed by atoms with Gasteiger partial charge in [-0.25, -0.2) is 0 Å². The minimum atomic E-state index is -0.898. The molecule has 10 nitrogen and oxygen atoms in total. The molecule has 5 aliphatic heterocycles. The van der Waals surface area contributed by atoms with Crippen molar-refractivity contribution >= 4 is 24.1 Å². The van der Waals surface area contributed by atoms with Crippen LogP contribution in [0.25, 0.3) is 0 Å². The Balaban J connectivity index is 1.43. The van der Waals surface area contributed by atoms with Crippen molar-refractivity contribution in [1.82, 2.24) is 4.90 Å². The predicted molar refractivity (Wildman–Crippen MR) is 158 cm³/mol. The van der Waals surface area contributed by atoms with Crippen LogP contribution in [-0.2, 0) is 33.9 Å². The third-order valence-corrected chi connectivity index (χ3v) is 10.8. The standard InChI is InChI=1S/C31H45BN2O8/c1-8-19-16-34-10-9-30-27-23(13-20(14-25(27)38-7)32-41-28(2,3)29(4,5)42-32)33-31(30,40-12-11-39-30)26(34)15-21(19)22(18-37-6)24(36)17-35/h13-14,18-19,21,26,33,35H,8-12,15-17H2,1-7H3/b22-18+/t19-,21+,26+,30+,31+/m1/s1. The molecule has 1 aromatic carbocycles. The number of aliphatic hydroxyl groups excluding tert-OH is 1. The average molecular weight is 585 g/mol. The van der Waals surface area contributed by atoms with Crippen LogP contribution >= 0.6 is 0 Å². The van der Waals surface area contributed by atoms with Gasteiger partial charge in [0.2, 0.25) is 0 Å². The van der Waals surface area contributed by atoms with Crippen LogP contribution in [0.1, 0.15) is 59.4 Å². The van der Waals surface area contributed by atoms with Crippen LogP contribution in [0.15, 0.2) is 24.0 Å². The highest BCUT2D eigenvalue weighted by atomic mass is 16.7. The van der Waals surface area contributed by atoms with Gasteiger partial charge in [-0.15, -0.1) is 0 Å². The van der Waals surface area contributed by atoms with Crippen molar-refractivity contribution in [2.75, 3.05) is 52.4 Å². The van der Waals surface area contributed by atoms with Crippen molar-refractivity contribution < 1.29 is 38.2 Å². The lowest BCUT2D eigenvalue weighted by Gasteiger charge is -2.61. The Morgan fingerprint density at radius 2 is 1.88 bits per heavy atom. The summed E-state index contributed by atoms with van der Waals surface area (Å²) in [7, 11) is 2.68. The number of benzene rings is 1. The normalized spacial score (nSPS) is 35.0. The zero-order chi connectivity index (χ0) is 30.1. The van der Waals surface area contributed by atoms with Crippen molar-refractivity contribution in [2.24, 2.45) is 11.8 Å². The Kier molecular flexibility index (Phi) is 7.47. The first kappa shape index (κ1) is 29.9. The molecule has 6 rings (SSSR count). The van der Waals surface area contributed by atoms with E-state index in [4.69, 9.17) is 28.3 Å². The van der Waals surface area contributed by atoms with Crippen LogP contribution in [-0.4, -0.2) is 93.0 Å². The summed E-state index contributed by atoms with van der Waals surface area (Å²) >= 11 is 0. The molecule has 0 unspecified atom stereocenters. The summed E-state index contributed by atoms with van der Waals surface area (Å²) in [6.45, 7) is 12.3. The highest BCUT2D eigenvalue weighted by Crippen LogP contribution is 2.61. The van der Waals surface area contributed by atoms with Crippen LogP contribution in [0.5, 0.6) is 5.75 Å². The van der Waals surface area contributed by atoms with Gasteiger partial charge in [-0.3, -0.25) is 9.69 Å². The van der Waals surface area contributed by atoms with Crippen molar-refractivity contribution in [3.8, 4) is 5.75 Å². The Labute approximate surface area is 249 Å². The number of piperidine rings is 2. The minimum absolute atomic E-state index is 0.0979. The van der Waals surface area contributed by atoms with E-state index >= 15 is 0 Å². The molecule has 4 saturated heterocycles. The van der Waals surface area contributed by atoms with E-state index in [1.807, 2.05) is 33.8 Å². The second kappa shape index (κ2) is 10.5. The fraction of sp³-hybridized carbons (Fsp3) is 0.710. The maximum atomic E-state index is 12.9. The molecular formula is C31H45BN2O8. The van der Waals surface area contributed by atoms with Gasteiger partial charge in [-0.2, -0.15) is 0 Å². The summed E-state index contributed by atoms with van der Waals surface area (Å²) in [5.74, 6) is 0.546. The van der Waals surface area contributed by atoms with Crippen LogP contribution in [0, 0.1) is 11.8 Å². The van der Waals surface area contributed by atoms with Crippen LogP contribution in [0.2, 0.25) is 0 Å². The second-order valence-electron chi connectivity index (χ2n) is 13.3. The molecule has 0 bridgehead atoms. The first-order valence-corrected chi connectivity index (χ1v) is 15.2. The number of anilines is 1. The maximum absolute atomic E-state index is 12.9. The lowest BCUT2D eigenvalue weighted by atomic mass is 9.66. The quantitative estimate of drug-likeness (QED) is 0.282. The van der Waals surface area contributed by atoms with Gasteiger partial charge >= 0.3 is 7.12 Å². The van der Waals surface area contributed by atoms with Gasteiger partial charge in [0.15, 0.2) is 11.5 Å². The molecule has 0 radical (unpaired) electrons. The lowest BCUT2D eigenvalue weighted by molar-refractivity contribution is -0.297. The summed E-state index contributed by atoms with van der Waals surface area (Å²) in [5, 5.41) is 13.6. The molecule has 0 aliphatic carbocycles. The summed E-state index contributed by atoms with van der Waals surface area (Å²) in [4.78, 5) is 15.4. The number of methoxy groups -OCH3 is 2. The lowest BCUT2D eigenvalue weighted by Crippen LogP contribution is -2.75. The average Bonchev–Trinajstić information content (AvgIpc) is 3.41. The van der Waals surface area contributed by atoms with Crippen molar-refractivity contribution in [3.63, 3.8) is 0 Å². The van der Waals surface area contributed by atoms with Gasteiger partial charge in [0.25, 0.3) is 0 Å². The first-order valence-electron chi connectivity index (χ1n) is 15.2. The molecule has 0 spiro atoms. The number of aliphatic hydroxyl groups is 1. The molecule has 0 aromatic heterocycles. The van der Waals surface area contributed by atoms with E-state index in [-0.39, 0.29) is 23.7 Å². The zero-order valence-electron chi connectivity index (χ0n) is 26.0. The molecule has 5 aliphatic rings. The zero-order valence-corrected chi connectivity index (χ0v) is 26.0. The monoisotopic (exact) mass is 584 g/mol. The number of rotatable bonds is 7. The number of hydrogen-bond acceptors (Lipinski definition) is 10. The summed E-state index contributed by atoms with van der Waals surface area (Å²) < 4.78 is 37.8. The van der Waals surface area contributed by atoms with E-state index < -0.39 is 36.3 Å². The van der Waals surface area contributed by atoms with Crippen LogP contribution < -0.4 is 15.5 Å². The van der Waals surface area contributed by atoms with E-state index in [1.165, 1.54) is 6.26 Å². The number of carbonyl (C=O) groups is 1. The van der Waals surface area contributed by atoms with E-state index in [9.17, 15) is 9.90 Å². The number of hydrogen-bond donors (Lipinski definition) is 2. The molecule has 11 heteroatoms. The molecule has 4 fully saturated rings. The predicted octanol–water partition coefficient (Wildman–Crippen LogP) is 2.57. The van der Waals surface area contributed by atoms with E-state index in [2.05, 4.69) is 23.2 Å². The molecular weight excluding hydrogens is 539 g/mol. The minimum Gasteiger partial charge on any atom is -0.504 e. The molecule has 0 amide bonds. The maximum Gasteiger partial charge on any atom is 0.495 e. The number of ketones is 1. The van der Waals surface area contributed by atoms with E-state index in [0.717, 1.165) is 42.6 Å². The smallest absolute Gasteiger partial charge is 0.495 e. The number of Topliss-reactive ketones (excluding diaryl/α,β-unsaturated/α-hetero) is 1. The first-order chi connectivity index (χ1) is 20.0. The number of fused-ring (bicyclic) bond motifs is 2. The van der Waals surface area contributed by atoms with Crippen molar-refractivity contribution in [3.05, 3.63) is 29.5 Å². The van der Waals surface area contributed by atoms with Gasteiger partial charge < -0.3 is 38.7 Å². The summed E-state index contributed by atoms with van der Waals surface area (Å²) in [6.07, 6.45) is 3.80. The van der Waals surface area contributed by atoms with Crippen molar-refractivity contribution in [2.45, 2.75) is 82.5 Å². The molecule has 5 atom stereocenters. The fourth-order valence-electron chi connectivity index (χ4n) is 7.98. The molecule has 42 heavy (non-hydrogen) atoms. The van der Waals surface area contributed by atoms with E-state index in [1.54, 1.807) is 14.2 Å². The fourth-order valence-corrected chi connectivity index (χ4v) is 7.98. The van der Waals surface area contributed by atoms with Crippen molar-refractivity contribution in [1.29, 1.82) is 0 Å². The van der Waals surface area contributed by atoms with Crippen LogP contribution in [0.4, 0.5) is 5.69 Å². The van der Waals surface area contributed by atoms with Gasteiger partial charge in [0.05, 0.1) is 56.5 Å². The number of carbonyl (C=O) groups excluding carboxylic acids is 1. The Bertz CT molecular complexity index is 1250. The van der Waals surface area contributed by atoms with Gasteiger partial charge in [0, 0.05) is 24.4 Å². The summed E-state index contributed by atoms with van der Waals surface area (Å²) in [5.41, 5.74) is 0.609. The number of nitrogens with zero attached hydrogens (tertiary/aromatic N) is 1.